The Morgan fingerprint density at radius 3 is 2.56 bits per heavy atom. The highest BCUT2D eigenvalue weighted by molar-refractivity contribution is 5.71. The number of nitrogens with one attached hydrogen (secondary N) is 2. The summed E-state index contributed by atoms with van der Waals surface area (Å²) < 4.78 is 10.0. The molecule has 3 aromatic rings. The first kappa shape index (κ1) is 18.4. The van der Waals surface area contributed by atoms with Crippen LogP contribution in [0, 0.1) is 0 Å². The first-order valence-electron chi connectivity index (χ1n) is 8.51. The van der Waals surface area contributed by atoms with Crippen molar-refractivity contribution in [2.75, 3.05) is 14.2 Å². The number of esters is 1. The van der Waals surface area contributed by atoms with E-state index >= 15 is 0 Å². The van der Waals surface area contributed by atoms with Crippen LogP contribution in [0.1, 0.15) is 34.7 Å². The van der Waals surface area contributed by atoms with Gasteiger partial charge in [0.25, 0.3) is 5.56 Å². The highest BCUT2D eigenvalue weighted by atomic mass is 16.5. The third-order valence-corrected chi connectivity index (χ3v) is 4.47. The van der Waals surface area contributed by atoms with Crippen molar-refractivity contribution in [1.29, 1.82) is 0 Å². The number of H-pyrrole nitrogens is 2. The van der Waals surface area contributed by atoms with Gasteiger partial charge in [0.2, 0.25) is 0 Å². The molecule has 0 aliphatic heterocycles. The first-order chi connectivity index (χ1) is 13.1. The Balaban J connectivity index is 1.98. The van der Waals surface area contributed by atoms with Gasteiger partial charge in [-0.05, 0) is 29.3 Å². The molecular formula is C20H21N3O4. The van der Waals surface area contributed by atoms with Gasteiger partial charge in [-0.25, -0.2) is 0 Å². The number of carbonyl (C=O) groups excluding carboxylic acids is 1. The second-order valence-electron chi connectivity index (χ2n) is 6.12. The van der Waals surface area contributed by atoms with Gasteiger partial charge in [-0.1, -0.05) is 18.2 Å². The highest BCUT2D eigenvalue weighted by Crippen LogP contribution is 2.28. The molecule has 0 saturated carbocycles. The Kier molecular flexibility index (Phi) is 5.71. The summed E-state index contributed by atoms with van der Waals surface area (Å²) >= 11 is 0. The molecule has 2 heterocycles. The highest BCUT2D eigenvalue weighted by Gasteiger charge is 2.26. The molecule has 7 nitrogen and oxygen atoms in total. The summed E-state index contributed by atoms with van der Waals surface area (Å²) in [6.07, 6.45) is 3.88. The Labute approximate surface area is 156 Å². The van der Waals surface area contributed by atoms with Gasteiger partial charge >= 0.3 is 5.97 Å². The molecule has 0 spiro atoms. The van der Waals surface area contributed by atoms with E-state index in [0.717, 1.165) is 22.6 Å². The van der Waals surface area contributed by atoms with Crippen molar-refractivity contribution in [3.8, 4) is 5.75 Å². The number of benzene rings is 1. The molecule has 3 rings (SSSR count). The molecular weight excluding hydrogens is 346 g/mol. The van der Waals surface area contributed by atoms with Crippen LogP contribution in [0.2, 0.25) is 0 Å². The number of aromatic nitrogens is 3. The van der Waals surface area contributed by atoms with Gasteiger partial charge in [-0.3, -0.25) is 19.7 Å². The van der Waals surface area contributed by atoms with E-state index in [-0.39, 0.29) is 17.9 Å². The second kappa shape index (κ2) is 8.35. The van der Waals surface area contributed by atoms with Crippen LogP contribution in [-0.2, 0) is 16.0 Å². The Morgan fingerprint density at radius 1 is 1.15 bits per heavy atom. The second-order valence-corrected chi connectivity index (χ2v) is 6.12. The fraction of sp³-hybridized carbons (Fsp3) is 0.250. The maximum atomic E-state index is 12.5. The van der Waals surface area contributed by atoms with E-state index < -0.39 is 5.92 Å². The summed E-state index contributed by atoms with van der Waals surface area (Å²) in [4.78, 5) is 28.6. The van der Waals surface area contributed by atoms with Crippen molar-refractivity contribution in [2.24, 2.45) is 0 Å². The minimum atomic E-state index is -0.450. The van der Waals surface area contributed by atoms with E-state index in [1.807, 2.05) is 30.3 Å². The molecule has 2 N–H and O–H groups in total. The zero-order valence-corrected chi connectivity index (χ0v) is 15.2. The van der Waals surface area contributed by atoms with E-state index in [4.69, 9.17) is 9.47 Å². The molecule has 2 aromatic heterocycles. The van der Waals surface area contributed by atoms with Crippen molar-refractivity contribution in [2.45, 2.75) is 18.8 Å². The number of nitrogens with zero attached hydrogens (tertiary/aromatic N) is 1. The Morgan fingerprint density at radius 2 is 1.93 bits per heavy atom. The number of hydrogen-bond acceptors (Lipinski definition) is 5. The third kappa shape index (κ3) is 4.25. The number of methoxy groups -OCH3 is 2. The van der Waals surface area contributed by atoms with Crippen LogP contribution < -0.4 is 10.3 Å². The Bertz CT molecular complexity index is 945. The van der Waals surface area contributed by atoms with E-state index in [2.05, 4.69) is 15.2 Å². The average molecular weight is 367 g/mol. The van der Waals surface area contributed by atoms with E-state index in [1.54, 1.807) is 25.6 Å². The summed E-state index contributed by atoms with van der Waals surface area (Å²) in [5.74, 6) is -0.0743. The fourth-order valence-electron chi connectivity index (χ4n) is 3.08. The molecule has 0 unspecified atom stereocenters. The van der Waals surface area contributed by atoms with Crippen molar-refractivity contribution < 1.29 is 14.3 Å². The molecule has 7 heteroatoms. The zero-order valence-electron chi connectivity index (χ0n) is 15.2. The van der Waals surface area contributed by atoms with Gasteiger partial charge in [0.1, 0.15) is 5.75 Å². The van der Waals surface area contributed by atoms with Gasteiger partial charge in [0, 0.05) is 36.0 Å². The molecule has 0 radical (unpaired) electrons. The molecule has 1 atom stereocenters. The molecule has 0 aliphatic carbocycles. The van der Waals surface area contributed by atoms with Crippen LogP contribution in [-0.4, -0.2) is 35.4 Å². The van der Waals surface area contributed by atoms with Crippen molar-refractivity contribution >= 4 is 5.97 Å². The van der Waals surface area contributed by atoms with Gasteiger partial charge in [-0.15, -0.1) is 0 Å². The molecule has 27 heavy (non-hydrogen) atoms. The third-order valence-electron chi connectivity index (χ3n) is 4.47. The Hall–Kier alpha value is -3.35. The molecule has 1 aromatic carbocycles. The lowest BCUT2D eigenvalue weighted by Gasteiger charge is -2.16. The summed E-state index contributed by atoms with van der Waals surface area (Å²) in [5.41, 5.74) is 2.78. The number of carbonyl (C=O) groups is 1. The van der Waals surface area contributed by atoms with Crippen LogP contribution in [0.5, 0.6) is 5.75 Å². The number of rotatable bonds is 7. The van der Waals surface area contributed by atoms with Gasteiger partial charge in [0.05, 0.1) is 20.6 Å². The summed E-state index contributed by atoms with van der Waals surface area (Å²) in [5, 5.41) is 5.60. The van der Waals surface area contributed by atoms with E-state index in [9.17, 15) is 9.59 Å². The van der Waals surface area contributed by atoms with Crippen LogP contribution in [0.25, 0.3) is 0 Å². The predicted molar refractivity (Wildman–Crippen MR) is 99.9 cm³/mol. The molecule has 140 valence electrons. The van der Waals surface area contributed by atoms with Crippen molar-refractivity contribution in [3.05, 3.63) is 81.5 Å². The topological polar surface area (TPSA) is 97.1 Å². The lowest BCUT2D eigenvalue weighted by molar-refractivity contribution is -0.140. The van der Waals surface area contributed by atoms with Gasteiger partial charge in [-0.2, -0.15) is 0 Å². The normalized spacial score (nSPS) is 11.8. The van der Waals surface area contributed by atoms with Gasteiger partial charge < -0.3 is 14.6 Å². The number of pyridine rings is 1. The van der Waals surface area contributed by atoms with Crippen LogP contribution in [0.3, 0.4) is 0 Å². The van der Waals surface area contributed by atoms with Crippen LogP contribution in [0.4, 0.5) is 0 Å². The molecule has 0 saturated heterocycles. The van der Waals surface area contributed by atoms with Crippen molar-refractivity contribution in [1.82, 2.24) is 15.2 Å². The van der Waals surface area contributed by atoms with Crippen molar-refractivity contribution in [3.63, 3.8) is 0 Å². The standard InChI is InChI=1S/C20H21N3O4/c1-26-15-7-5-13(6-8-15)10-17-19(20(25)23-22-17)16(11-18(24)27-2)14-4-3-9-21-12-14/h3-9,12,16H,10-11H2,1-2H3,(H2,22,23,25)/t16-/m1/s1. The largest absolute Gasteiger partial charge is 0.497 e. The quantitative estimate of drug-likeness (QED) is 0.625. The predicted octanol–water partition coefficient (Wildman–Crippen LogP) is 2.39. The smallest absolute Gasteiger partial charge is 0.306 e. The fourth-order valence-corrected chi connectivity index (χ4v) is 3.08. The minimum Gasteiger partial charge on any atom is -0.497 e. The number of ether oxygens (including phenoxy) is 2. The number of hydrogen-bond donors (Lipinski definition) is 2. The lowest BCUT2D eigenvalue weighted by atomic mass is 9.88. The van der Waals surface area contributed by atoms with Crippen LogP contribution >= 0.6 is 0 Å². The van der Waals surface area contributed by atoms with E-state index in [0.29, 0.717) is 12.0 Å². The summed E-state index contributed by atoms with van der Waals surface area (Å²) in [6.45, 7) is 0. The SMILES string of the molecule is COC(=O)C[C@H](c1cccnc1)c1c(Cc2ccc(OC)cc2)[nH][nH]c1=O. The molecule has 0 aliphatic rings. The van der Waals surface area contributed by atoms with E-state index in [1.165, 1.54) is 7.11 Å². The van der Waals surface area contributed by atoms with Crippen LogP contribution in [0.15, 0.2) is 53.6 Å². The lowest BCUT2D eigenvalue weighted by Crippen LogP contribution is -2.18. The summed E-state index contributed by atoms with van der Waals surface area (Å²) in [6, 6.07) is 11.2. The first-order valence-corrected chi connectivity index (χ1v) is 8.51. The molecule has 0 fully saturated rings. The molecule has 0 bridgehead atoms. The maximum absolute atomic E-state index is 12.5. The average Bonchev–Trinajstić information content (AvgIpc) is 3.07. The monoisotopic (exact) mass is 367 g/mol. The maximum Gasteiger partial charge on any atom is 0.306 e. The number of aromatic amines is 2. The zero-order chi connectivity index (χ0) is 19.2. The van der Waals surface area contributed by atoms with Gasteiger partial charge in [0.15, 0.2) is 0 Å². The molecule has 0 amide bonds. The summed E-state index contributed by atoms with van der Waals surface area (Å²) in [7, 11) is 2.95. The minimum absolute atomic E-state index is 0.0543.